The molecule has 0 radical (unpaired) electrons. The highest BCUT2D eigenvalue weighted by Crippen LogP contribution is 2.31. The average Bonchev–Trinajstić information content (AvgIpc) is 3.22. The van der Waals surface area contributed by atoms with Crippen molar-refractivity contribution < 1.29 is 53.1 Å². The Morgan fingerprint density at radius 1 is 0.718 bits per heavy atom. The smallest absolute Gasteiger partial charge is 0.305 e. The van der Waals surface area contributed by atoms with E-state index in [1.807, 2.05) is 0 Å². The third kappa shape index (κ3) is 13.2. The van der Waals surface area contributed by atoms with Gasteiger partial charge in [0.2, 0.25) is 5.91 Å². The second-order valence-corrected chi connectivity index (χ2v) is 9.40. The van der Waals surface area contributed by atoms with Crippen molar-refractivity contribution in [2.45, 2.75) is 38.5 Å². The Balaban J connectivity index is 1.73. The predicted octanol–water partition coefficient (Wildman–Crippen LogP) is 0.562. The molecule has 39 heavy (non-hydrogen) atoms. The molecular formula is C26H40N2O11. The van der Waals surface area contributed by atoms with Crippen LogP contribution in [0.25, 0.3) is 0 Å². The van der Waals surface area contributed by atoms with E-state index >= 15 is 0 Å². The van der Waals surface area contributed by atoms with Gasteiger partial charge in [-0.2, -0.15) is 0 Å². The summed E-state index contributed by atoms with van der Waals surface area (Å²) in [5.41, 5.74) is 0. The fraction of sp³-hybridized carbons (Fsp3) is 0.731. The third-order valence-electron chi connectivity index (χ3n) is 6.52. The Bertz CT molecular complexity index is 792. The highest BCUT2D eigenvalue weighted by atomic mass is 16.5. The van der Waals surface area contributed by atoms with Gasteiger partial charge in [-0.25, -0.2) is 0 Å². The maximum Gasteiger partial charge on any atom is 0.305 e. The van der Waals surface area contributed by atoms with Gasteiger partial charge in [0.25, 0.3) is 11.8 Å². The van der Waals surface area contributed by atoms with E-state index in [4.69, 9.17) is 29.2 Å². The summed E-state index contributed by atoms with van der Waals surface area (Å²) >= 11 is 0. The van der Waals surface area contributed by atoms with Gasteiger partial charge in [0.05, 0.1) is 65.7 Å². The van der Waals surface area contributed by atoms with Crippen LogP contribution in [0.5, 0.6) is 0 Å². The van der Waals surface area contributed by atoms with Crippen molar-refractivity contribution in [3.63, 3.8) is 0 Å². The van der Waals surface area contributed by atoms with Gasteiger partial charge in [0, 0.05) is 37.7 Å². The van der Waals surface area contributed by atoms with Crippen LogP contribution >= 0.6 is 0 Å². The first-order chi connectivity index (χ1) is 18.8. The topological polar surface area (TPSA) is 169 Å². The van der Waals surface area contributed by atoms with E-state index in [1.165, 1.54) is 17.1 Å². The van der Waals surface area contributed by atoms with E-state index in [9.17, 15) is 24.0 Å². The lowest BCUT2D eigenvalue weighted by Crippen LogP contribution is -2.42. The SMILES string of the molecule is O=C(O)CCOCCOCCN(CCOCCOCCC(=O)O)C(=O)C1CCC(CN2C(=O)C=CC2=O)CC1. The summed E-state index contributed by atoms with van der Waals surface area (Å²) in [5.74, 6) is -2.42. The van der Waals surface area contributed by atoms with Crippen LogP contribution in [0, 0.1) is 11.8 Å². The van der Waals surface area contributed by atoms with Gasteiger partial charge in [-0.1, -0.05) is 0 Å². The molecule has 2 rings (SSSR count). The zero-order valence-corrected chi connectivity index (χ0v) is 22.3. The molecule has 1 aliphatic carbocycles. The zero-order valence-electron chi connectivity index (χ0n) is 22.3. The minimum Gasteiger partial charge on any atom is -0.481 e. The third-order valence-corrected chi connectivity index (χ3v) is 6.52. The highest BCUT2D eigenvalue weighted by Gasteiger charge is 2.32. The van der Waals surface area contributed by atoms with E-state index in [1.54, 1.807) is 4.90 Å². The number of ether oxygens (including phenoxy) is 4. The Labute approximate surface area is 228 Å². The first-order valence-electron chi connectivity index (χ1n) is 13.3. The molecule has 0 saturated heterocycles. The minimum absolute atomic E-state index is 0.00561. The number of carboxylic acid groups (broad SMARTS) is 2. The highest BCUT2D eigenvalue weighted by molar-refractivity contribution is 6.12. The van der Waals surface area contributed by atoms with Crippen LogP contribution in [-0.2, 0) is 42.9 Å². The van der Waals surface area contributed by atoms with Gasteiger partial charge in [0.1, 0.15) is 0 Å². The number of rotatable bonds is 21. The molecule has 0 atom stereocenters. The summed E-state index contributed by atoms with van der Waals surface area (Å²) in [4.78, 5) is 61.0. The number of amides is 3. The van der Waals surface area contributed by atoms with Crippen molar-refractivity contribution in [2.75, 3.05) is 72.5 Å². The van der Waals surface area contributed by atoms with Crippen molar-refractivity contribution >= 4 is 29.7 Å². The van der Waals surface area contributed by atoms with Crippen molar-refractivity contribution in [1.82, 2.24) is 9.80 Å². The van der Waals surface area contributed by atoms with Crippen LogP contribution in [0.1, 0.15) is 38.5 Å². The summed E-state index contributed by atoms with van der Waals surface area (Å²) in [6.45, 7) is 2.95. The molecular weight excluding hydrogens is 516 g/mol. The monoisotopic (exact) mass is 556 g/mol. The maximum atomic E-state index is 13.3. The molecule has 0 aromatic heterocycles. The summed E-state index contributed by atoms with van der Waals surface area (Å²) < 4.78 is 21.5. The summed E-state index contributed by atoms with van der Waals surface area (Å²) in [6, 6.07) is 0. The lowest BCUT2D eigenvalue weighted by molar-refractivity contribution is -0.141. The molecule has 2 N–H and O–H groups in total. The normalized spacial score (nSPS) is 19.0. The van der Waals surface area contributed by atoms with Crippen LogP contribution in [0.4, 0.5) is 0 Å². The van der Waals surface area contributed by atoms with Gasteiger partial charge < -0.3 is 34.1 Å². The molecule has 3 amide bonds. The molecule has 13 nitrogen and oxygen atoms in total. The number of hydrogen-bond acceptors (Lipinski definition) is 9. The fourth-order valence-electron chi connectivity index (χ4n) is 4.36. The Kier molecular flexibility index (Phi) is 15.3. The number of carboxylic acids is 2. The number of aliphatic carboxylic acids is 2. The molecule has 1 fully saturated rings. The van der Waals surface area contributed by atoms with E-state index in [0.29, 0.717) is 32.5 Å². The summed E-state index contributed by atoms with van der Waals surface area (Å²) in [5, 5.41) is 17.2. The number of carbonyl (C=O) groups excluding carboxylic acids is 3. The second kappa shape index (κ2) is 18.4. The zero-order chi connectivity index (χ0) is 28.5. The number of imide groups is 1. The second-order valence-electron chi connectivity index (χ2n) is 9.40. The molecule has 13 heteroatoms. The lowest BCUT2D eigenvalue weighted by Gasteiger charge is -2.33. The molecule has 1 aliphatic heterocycles. The summed E-state index contributed by atoms with van der Waals surface area (Å²) in [6.07, 6.45) is 5.24. The first-order valence-corrected chi connectivity index (χ1v) is 13.3. The van der Waals surface area contributed by atoms with Crippen LogP contribution in [0.2, 0.25) is 0 Å². The fourth-order valence-corrected chi connectivity index (χ4v) is 4.36. The molecule has 0 aromatic rings. The average molecular weight is 557 g/mol. The molecule has 0 aromatic carbocycles. The lowest BCUT2D eigenvalue weighted by atomic mass is 9.81. The van der Waals surface area contributed by atoms with E-state index in [0.717, 1.165) is 12.8 Å². The minimum atomic E-state index is -0.928. The summed E-state index contributed by atoms with van der Waals surface area (Å²) in [7, 11) is 0. The van der Waals surface area contributed by atoms with Gasteiger partial charge in [-0.3, -0.25) is 28.9 Å². The van der Waals surface area contributed by atoms with E-state index < -0.39 is 11.9 Å². The molecule has 1 heterocycles. The van der Waals surface area contributed by atoms with Crippen LogP contribution < -0.4 is 0 Å². The van der Waals surface area contributed by atoms with Gasteiger partial charge >= 0.3 is 11.9 Å². The standard InChI is InChI=1S/C26H40N2O11/c29-22-5-6-23(30)28(22)19-20-1-3-21(4-2-20)26(35)27(9-13-38-17-15-36-11-7-24(31)32)10-14-39-18-16-37-12-8-25(33)34/h5-6,20-21H,1-4,7-19H2,(H,31,32)(H,33,34). The molecule has 0 spiro atoms. The quantitative estimate of drug-likeness (QED) is 0.150. The first kappa shape index (κ1) is 32.3. The van der Waals surface area contributed by atoms with E-state index in [-0.39, 0.29) is 95.3 Å². The van der Waals surface area contributed by atoms with Gasteiger partial charge in [-0.05, 0) is 31.6 Å². The van der Waals surface area contributed by atoms with Crippen molar-refractivity contribution in [3.05, 3.63) is 12.2 Å². The number of hydrogen-bond donors (Lipinski definition) is 2. The molecule has 220 valence electrons. The Morgan fingerprint density at radius 3 is 1.59 bits per heavy atom. The number of nitrogens with zero attached hydrogens (tertiary/aromatic N) is 2. The Hall–Kier alpha value is -2.87. The molecule has 0 bridgehead atoms. The molecule has 1 saturated carbocycles. The maximum absolute atomic E-state index is 13.3. The van der Waals surface area contributed by atoms with Crippen LogP contribution in [0.15, 0.2) is 12.2 Å². The van der Waals surface area contributed by atoms with Crippen molar-refractivity contribution in [1.29, 1.82) is 0 Å². The van der Waals surface area contributed by atoms with Crippen LogP contribution in [-0.4, -0.2) is 122 Å². The largest absolute Gasteiger partial charge is 0.481 e. The van der Waals surface area contributed by atoms with Crippen molar-refractivity contribution in [2.24, 2.45) is 11.8 Å². The molecule has 0 unspecified atom stereocenters. The molecule has 2 aliphatic rings. The van der Waals surface area contributed by atoms with E-state index in [2.05, 4.69) is 0 Å². The number of carbonyl (C=O) groups is 5. The Morgan fingerprint density at radius 2 is 1.15 bits per heavy atom. The van der Waals surface area contributed by atoms with Gasteiger partial charge in [0.15, 0.2) is 0 Å². The van der Waals surface area contributed by atoms with Gasteiger partial charge in [-0.15, -0.1) is 0 Å². The van der Waals surface area contributed by atoms with Crippen molar-refractivity contribution in [3.8, 4) is 0 Å². The predicted molar refractivity (Wildman–Crippen MR) is 136 cm³/mol. The van der Waals surface area contributed by atoms with Crippen LogP contribution in [0.3, 0.4) is 0 Å².